The summed E-state index contributed by atoms with van der Waals surface area (Å²) in [7, 11) is 1.59. The third kappa shape index (κ3) is 5.80. The van der Waals surface area contributed by atoms with Gasteiger partial charge >= 0.3 is 0 Å². The molecule has 1 aromatic rings. The molecule has 2 amide bonds. The highest BCUT2D eigenvalue weighted by Gasteiger charge is 2.21. The quantitative estimate of drug-likeness (QED) is 0.789. The molecule has 0 saturated carbocycles. The molecule has 0 aliphatic carbocycles. The second-order valence-electron chi connectivity index (χ2n) is 5.98. The fourth-order valence-electron chi connectivity index (χ4n) is 2.82. The summed E-state index contributed by atoms with van der Waals surface area (Å²) in [5.41, 5.74) is 1.11. The molecule has 0 atom stereocenters. The summed E-state index contributed by atoms with van der Waals surface area (Å²) in [4.78, 5) is 28.2. The molecule has 1 aliphatic rings. The van der Waals surface area contributed by atoms with E-state index >= 15 is 0 Å². The normalized spacial score (nSPS) is 15.2. The van der Waals surface area contributed by atoms with Crippen LogP contribution in [-0.2, 0) is 20.7 Å². The van der Waals surface area contributed by atoms with Gasteiger partial charge < -0.3 is 14.5 Å². The van der Waals surface area contributed by atoms with Crippen LogP contribution in [0.2, 0.25) is 5.02 Å². The number of ether oxygens (including phenoxy) is 1. The largest absolute Gasteiger partial charge is 0.384 e. The van der Waals surface area contributed by atoms with Gasteiger partial charge in [-0.15, -0.1) is 0 Å². The van der Waals surface area contributed by atoms with Crippen LogP contribution in [-0.4, -0.2) is 61.5 Å². The first-order valence-electron chi connectivity index (χ1n) is 8.39. The number of rotatable bonds is 6. The number of hydrogen-bond acceptors (Lipinski definition) is 3. The predicted octanol–water partition coefficient (Wildman–Crippen LogP) is 2.37. The Hall–Kier alpha value is -1.59. The molecule has 24 heavy (non-hydrogen) atoms. The summed E-state index contributed by atoms with van der Waals surface area (Å²) in [6.45, 7) is 3.09. The number of nitrogens with zero attached hydrogens (tertiary/aromatic N) is 2. The van der Waals surface area contributed by atoms with E-state index in [1.54, 1.807) is 7.11 Å². The van der Waals surface area contributed by atoms with Crippen LogP contribution in [0.3, 0.4) is 0 Å². The highest BCUT2D eigenvalue weighted by atomic mass is 35.5. The highest BCUT2D eigenvalue weighted by Crippen LogP contribution is 2.12. The van der Waals surface area contributed by atoms with Crippen molar-refractivity contribution in [2.75, 3.05) is 39.9 Å². The number of halogens is 1. The van der Waals surface area contributed by atoms with E-state index < -0.39 is 0 Å². The van der Waals surface area contributed by atoms with Gasteiger partial charge in [0, 0.05) is 44.7 Å². The van der Waals surface area contributed by atoms with Gasteiger partial charge in [0.05, 0.1) is 13.0 Å². The van der Waals surface area contributed by atoms with Gasteiger partial charge in [0.1, 0.15) is 0 Å². The summed E-state index contributed by atoms with van der Waals surface area (Å²) in [6.07, 6.45) is 2.43. The number of amides is 2. The molecule has 0 N–H and O–H groups in total. The van der Waals surface area contributed by atoms with E-state index in [1.165, 1.54) is 0 Å². The zero-order chi connectivity index (χ0) is 17.4. The summed E-state index contributed by atoms with van der Waals surface area (Å²) in [6, 6.07) is 7.59. The summed E-state index contributed by atoms with van der Waals surface area (Å²) >= 11 is 5.87. The summed E-state index contributed by atoms with van der Waals surface area (Å²) in [5, 5.41) is 0.704. The molecular formula is C18H25ClN2O3. The van der Waals surface area contributed by atoms with Gasteiger partial charge in [0.2, 0.25) is 11.8 Å². The van der Waals surface area contributed by atoms with E-state index in [0.717, 1.165) is 12.0 Å². The number of carbonyl (C=O) groups is 2. The van der Waals surface area contributed by atoms with Crippen molar-refractivity contribution in [1.82, 2.24) is 9.80 Å². The Balaban J connectivity index is 1.78. The van der Waals surface area contributed by atoms with Crippen molar-refractivity contribution in [3.8, 4) is 0 Å². The number of aryl methyl sites for hydroxylation is 1. The van der Waals surface area contributed by atoms with Crippen molar-refractivity contribution in [1.29, 1.82) is 0 Å². The molecule has 1 aliphatic heterocycles. The number of carbonyl (C=O) groups excluding carboxylic acids is 2. The first kappa shape index (κ1) is 18.7. The minimum absolute atomic E-state index is 0.104. The van der Waals surface area contributed by atoms with Crippen LogP contribution in [0.1, 0.15) is 24.8 Å². The fraction of sp³-hybridized carbons (Fsp3) is 0.556. The van der Waals surface area contributed by atoms with E-state index in [1.807, 2.05) is 34.1 Å². The minimum Gasteiger partial charge on any atom is -0.384 e. The molecule has 0 aromatic heterocycles. The smallest absolute Gasteiger partial charge is 0.224 e. The molecule has 2 rings (SSSR count). The lowest BCUT2D eigenvalue weighted by Gasteiger charge is -2.22. The second-order valence-corrected chi connectivity index (χ2v) is 6.42. The first-order valence-corrected chi connectivity index (χ1v) is 8.77. The van der Waals surface area contributed by atoms with Crippen molar-refractivity contribution < 1.29 is 14.3 Å². The van der Waals surface area contributed by atoms with Crippen molar-refractivity contribution in [3.63, 3.8) is 0 Å². The maximum atomic E-state index is 12.4. The number of hydrogen-bond donors (Lipinski definition) is 0. The third-order valence-corrected chi connectivity index (χ3v) is 4.51. The summed E-state index contributed by atoms with van der Waals surface area (Å²) < 4.78 is 4.95. The molecule has 1 heterocycles. The molecule has 1 fully saturated rings. The average molecular weight is 353 g/mol. The van der Waals surface area contributed by atoms with Crippen molar-refractivity contribution >= 4 is 23.4 Å². The van der Waals surface area contributed by atoms with E-state index in [4.69, 9.17) is 16.3 Å². The van der Waals surface area contributed by atoms with Gasteiger partial charge in [-0.25, -0.2) is 0 Å². The summed E-state index contributed by atoms with van der Waals surface area (Å²) in [5.74, 6) is 0.253. The fourth-order valence-corrected chi connectivity index (χ4v) is 2.95. The van der Waals surface area contributed by atoms with Crippen molar-refractivity contribution in [2.24, 2.45) is 0 Å². The van der Waals surface area contributed by atoms with Crippen molar-refractivity contribution in [3.05, 3.63) is 34.9 Å². The molecule has 1 aromatic carbocycles. The molecule has 1 saturated heterocycles. The molecule has 5 nitrogen and oxygen atoms in total. The standard InChI is InChI=1S/C18H25ClN2O3/c1-24-14-9-18(23)21-11-2-10-20(12-13-21)17(22)8-5-15-3-6-16(19)7-4-15/h3-4,6-7H,2,5,8-14H2,1H3. The average Bonchev–Trinajstić information content (AvgIpc) is 2.85. The Morgan fingerprint density at radius 2 is 1.58 bits per heavy atom. The predicted molar refractivity (Wildman–Crippen MR) is 94.0 cm³/mol. The monoisotopic (exact) mass is 352 g/mol. The van der Waals surface area contributed by atoms with E-state index in [-0.39, 0.29) is 11.8 Å². The number of methoxy groups -OCH3 is 1. The SMILES string of the molecule is COCCC(=O)N1CCCN(C(=O)CCc2ccc(Cl)cc2)CC1. The van der Waals surface area contributed by atoms with Gasteiger partial charge in [-0.1, -0.05) is 23.7 Å². The van der Waals surface area contributed by atoms with E-state index in [2.05, 4.69) is 0 Å². The maximum absolute atomic E-state index is 12.4. The maximum Gasteiger partial charge on any atom is 0.224 e. The van der Waals surface area contributed by atoms with E-state index in [9.17, 15) is 9.59 Å². The van der Waals surface area contributed by atoms with Crippen LogP contribution in [0.4, 0.5) is 0 Å². The zero-order valence-corrected chi connectivity index (χ0v) is 14.9. The molecule has 0 spiro atoms. The van der Waals surface area contributed by atoms with Crippen LogP contribution in [0.5, 0.6) is 0 Å². The Kier molecular flexibility index (Phi) is 7.53. The lowest BCUT2D eigenvalue weighted by Crippen LogP contribution is -2.37. The molecular weight excluding hydrogens is 328 g/mol. The van der Waals surface area contributed by atoms with Crippen LogP contribution in [0.25, 0.3) is 0 Å². The minimum atomic E-state index is 0.104. The zero-order valence-electron chi connectivity index (χ0n) is 14.2. The van der Waals surface area contributed by atoms with Crippen LogP contribution in [0, 0.1) is 0 Å². The van der Waals surface area contributed by atoms with Crippen LogP contribution in [0.15, 0.2) is 24.3 Å². The molecule has 0 radical (unpaired) electrons. The molecule has 132 valence electrons. The lowest BCUT2D eigenvalue weighted by atomic mass is 10.1. The highest BCUT2D eigenvalue weighted by molar-refractivity contribution is 6.30. The first-order chi connectivity index (χ1) is 11.6. The van der Waals surface area contributed by atoms with Gasteiger partial charge in [0.15, 0.2) is 0 Å². The Bertz CT molecular complexity index is 548. The molecule has 0 unspecified atom stereocenters. The number of benzene rings is 1. The van der Waals surface area contributed by atoms with Gasteiger partial charge in [-0.3, -0.25) is 9.59 Å². The molecule has 0 bridgehead atoms. The third-order valence-electron chi connectivity index (χ3n) is 4.26. The molecule has 6 heteroatoms. The Morgan fingerprint density at radius 3 is 2.17 bits per heavy atom. The lowest BCUT2D eigenvalue weighted by molar-refractivity contribution is -0.134. The van der Waals surface area contributed by atoms with Crippen LogP contribution < -0.4 is 0 Å². The van der Waals surface area contributed by atoms with Crippen molar-refractivity contribution in [2.45, 2.75) is 25.7 Å². The topological polar surface area (TPSA) is 49.9 Å². The second kappa shape index (κ2) is 9.64. The van der Waals surface area contributed by atoms with E-state index in [0.29, 0.717) is 57.1 Å². The Morgan fingerprint density at radius 1 is 1.00 bits per heavy atom. The van der Waals surface area contributed by atoms with Gasteiger partial charge in [-0.2, -0.15) is 0 Å². The van der Waals surface area contributed by atoms with Gasteiger partial charge in [0.25, 0.3) is 0 Å². The van der Waals surface area contributed by atoms with Gasteiger partial charge in [-0.05, 0) is 30.5 Å². The Labute approximate surface area is 148 Å². The van der Waals surface area contributed by atoms with Crippen LogP contribution >= 0.6 is 11.6 Å².